The average Bonchev–Trinajstić information content (AvgIpc) is 2.50. The largest absolute Gasteiger partial charge is 0.477 e. The molecule has 6 nitrogen and oxygen atoms in total. The van der Waals surface area contributed by atoms with Crippen LogP contribution >= 0.6 is 0 Å². The van der Waals surface area contributed by atoms with Crippen LogP contribution in [0.3, 0.4) is 0 Å². The van der Waals surface area contributed by atoms with Crippen LogP contribution in [0.15, 0.2) is 42.5 Å². The van der Waals surface area contributed by atoms with E-state index in [0.717, 1.165) is 5.69 Å². The van der Waals surface area contributed by atoms with Crippen LogP contribution in [0.5, 0.6) is 0 Å². The van der Waals surface area contributed by atoms with Crippen molar-refractivity contribution in [2.24, 2.45) is 0 Å². The fourth-order valence-electron chi connectivity index (χ4n) is 1.92. The maximum atomic E-state index is 11.1. The fraction of sp³-hybridized carbons (Fsp3) is 0.133. The molecule has 0 fully saturated rings. The van der Waals surface area contributed by atoms with E-state index in [9.17, 15) is 4.79 Å². The van der Waals surface area contributed by atoms with Crippen LogP contribution in [0.4, 0.5) is 17.2 Å². The summed E-state index contributed by atoms with van der Waals surface area (Å²) in [4.78, 5) is 16.9. The molecule has 21 heavy (non-hydrogen) atoms. The normalized spacial score (nSPS) is 9.86. The minimum absolute atomic E-state index is 0.0860. The summed E-state index contributed by atoms with van der Waals surface area (Å²) in [7, 11) is 0. The molecule has 0 radical (unpaired) electrons. The second-order valence-corrected chi connectivity index (χ2v) is 4.31. The van der Waals surface area contributed by atoms with Gasteiger partial charge in [0.2, 0.25) is 0 Å². The summed E-state index contributed by atoms with van der Waals surface area (Å²) in [6, 6.07) is 14.2. The van der Waals surface area contributed by atoms with E-state index >= 15 is 0 Å². The summed E-state index contributed by atoms with van der Waals surface area (Å²) >= 11 is 0. The highest BCUT2D eigenvalue weighted by Gasteiger charge is 2.16. The van der Waals surface area contributed by atoms with Gasteiger partial charge in [-0.15, -0.1) is 0 Å². The van der Waals surface area contributed by atoms with Crippen LogP contribution < -0.4 is 10.6 Å². The first-order valence-electron chi connectivity index (χ1n) is 6.33. The number of nitrogens with two attached hydrogens (primary N) is 1. The van der Waals surface area contributed by atoms with Crippen molar-refractivity contribution < 1.29 is 9.90 Å². The predicted octanol–water partition coefficient (Wildman–Crippen LogP) is 2.41. The highest BCUT2D eigenvalue weighted by Crippen LogP contribution is 2.28. The summed E-state index contributed by atoms with van der Waals surface area (Å²) in [6.07, 6.45) is 0.271. The Bertz CT molecular complexity index is 680. The molecule has 6 heteroatoms. The molecular formula is C15H14N4O2. The van der Waals surface area contributed by atoms with E-state index in [-0.39, 0.29) is 12.1 Å². The van der Waals surface area contributed by atoms with E-state index in [4.69, 9.17) is 16.1 Å². The molecule has 106 valence electrons. The SMILES string of the molecule is N#CCCN(c1ccccc1)c1nc(C(=O)O)ccc1N. The lowest BCUT2D eigenvalue weighted by Gasteiger charge is -2.24. The Labute approximate surface area is 122 Å². The molecule has 0 unspecified atom stereocenters. The van der Waals surface area contributed by atoms with Crippen molar-refractivity contribution >= 4 is 23.2 Å². The van der Waals surface area contributed by atoms with Gasteiger partial charge in [-0.2, -0.15) is 5.26 Å². The number of aromatic nitrogens is 1. The zero-order chi connectivity index (χ0) is 15.2. The lowest BCUT2D eigenvalue weighted by atomic mass is 10.2. The Morgan fingerprint density at radius 1 is 1.29 bits per heavy atom. The number of carboxylic acid groups (broad SMARTS) is 1. The van der Waals surface area contributed by atoms with Gasteiger partial charge in [0.15, 0.2) is 11.5 Å². The number of pyridine rings is 1. The molecule has 0 spiro atoms. The van der Waals surface area contributed by atoms with Gasteiger partial charge in [-0.25, -0.2) is 9.78 Å². The Morgan fingerprint density at radius 2 is 2.00 bits per heavy atom. The molecule has 1 heterocycles. The van der Waals surface area contributed by atoms with Crippen LogP contribution in [0, 0.1) is 11.3 Å². The molecule has 0 saturated carbocycles. The lowest BCUT2D eigenvalue weighted by Crippen LogP contribution is -2.21. The number of nitrogens with zero attached hydrogens (tertiary/aromatic N) is 3. The molecule has 0 aliphatic heterocycles. The number of carboxylic acids is 1. The summed E-state index contributed by atoms with van der Waals surface area (Å²) in [5.74, 6) is -0.777. The van der Waals surface area contributed by atoms with Crippen molar-refractivity contribution in [1.82, 2.24) is 4.98 Å². The molecule has 0 bridgehead atoms. The van der Waals surface area contributed by atoms with Crippen molar-refractivity contribution in [1.29, 1.82) is 5.26 Å². The molecule has 2 aromatic rings. The number of nitriles is 1. The van der Waals surface area contributed by atoms with Crippen molar-refractivity contribution in [2.75, 3.05) is 17.2 Å². The van der Waals surface area contributed by atoms with Gasteiger partial charge in [0.1, 0.15) is 0 Å². The van der Waals surface area contributed by atoms with Crippen LogP contribution in [0.2, 0.25) is 0 Å². The lowest BCUT2D eigenvalue weighted by molar-refractivity contribution is 0.0690. The predicted molar refractivity (Wildman–Crippen MR) is 79.3 cm³/mol. The molecular weight excluding hydrogens is 268 g/mol. The van der Waals surface area contributed by atoms with Crippen LogP contribution in [-0.2, 0) is 0 Å². The van der Waals surface area contributed by atoms with E-state index in [1.165, 1.54) is 12.1 Å². The highest BCUT2D eigenvalue weighted by atomic mass is 16.4. The van der Waals surface area contributed by atoms with Gasteiger partial charge < -0.3 is 15.7 Å². The third kappa shape index (κ3) is 3.28. The van der Waals surface area contributed by atoms with Gasteiger partial charge in [0.25, 0.3) is 0 Å². The van der Waals surface area contributed by atoms with Crippen molar-refractivity contribution in [3.8, 4) is 6.07 Å². The van der Waals surface area contributed by atoms with E-state index < -0.39 is 5.97 Å². The molecule has 0 atom stereocenters. The van der Waals surface area contributed by atoms with Gasteiger partial charge in [-0.05, 0) is 24.3 Å². The van der Waals surface area contributed by atoms with E-state index in [1.807, 2.05) is 30.3 Å². The topological polar surface area (TPSA) is 103 Å². The second-order valence-electron chi connectivity index (χ2n) is 4.31. The first-order chi connectivity index (χ1) is 10.1. The number of aromatic carboxylic acids is 1. The quantitative estimate of drug-likeness (QED) is 0.872. The Morgan fingerprint density at radius 3 is 2.62 bits per heavy atom. The third-order valence-electron chi connectivity index (χ3n) is 2.90. The smallest absolute Gasteiger partial charge is 0.354 e. The first-order valence-corrected chi connectivity index (χ1v) is 6.33. The van der Waals surface area contributed by atoms with Crippen LogP contribution in [-0.4, -0.2) is 22.6 Å². The summed E-state index contributed by atoms with van der Waals surface area (Å²) in [5, 5.41) is 17.9. The monoisotopic (exact) mass is 282 g/mol. The van der Waals surface area contributed by atoms with Gasteiger partial charge in [0.05, 0.1) is 18.2 Å². The zero-order valence-electron chi connectivity index (χ0n) is 11.2. The summed E-state index contributed by atoms with van der Waals surface area (Å²) in [6.45, 7) is 0.376. The minimum Gasteiger partial charge on any atom is -0.477 e. The number of rotatable bonds is 5. The van der Waals surface area contributed by atoms with Crippen LogP contribution in [0.1, 0.15) is 16.9 Å². The van der Waals surface area contributed by atoms with E-state index in [1.54, 1.807) is 4.90 Å². The van der Waals surface area contributed by atoms with Crippen LogP contribution in [0.25, 0.3) is 0 Å². The van der Waals surface area contributed by atoms with Gasteiger partial charge in [-0.3, -0.25) is 0 Å². The average molecular weight is 282 g/mol. The Kier molecular flexibility index (Phi) is 4.36. The summed E-state index contributed by atoms with van der Waals surface area (Å²) in [5.41, 5.74) is 7.00. The zero-order valence-corrected chi connectivity index (χ0v) is 11.2. The minimum atomic E-state index is -1.12. The molecule has 0 amide bonds. The number of benzene rings is 1. The van der Waals surface area contributed by atoms with E-state index in [0.29, 0.717) is 18.1 Å². The molecule has 3 N–H and O–H groups in total. The third-order valence-corrected chi connectivity index (χ3v) is 2.90. The number of hydrogen-bond donors (Lipinski definition) is 2. The maximum Gasteiger partial charge on any atom is 0.354 e. The number of para-hydroxylation sites is 1. The number of hydrogen-bond acceptors (Lipinski definition) is 5. The summed E-state index contributed by atoms with van der Waals surface area (Å²) < 4.78 is 0. The molecule has 0 saturated heterocycles. The van der Waals surface area contributed by atoms with Gasteiger partial charge in [-0.1, -0.05) is 18.2 Å². The standard InChI is InChI=1S/C15H14N4O2/c16-9-4-10-19(11-5-2-1-3-6-11)14-12(17)7-8-13(18-14)15(20)21/h1-3,5-8H,4,10,17H2,(H,20,21). The Hall–Kier alpha value is -3.07. The fourth-order valence-corrected chi connectivity index (χ4v) is 1.92. The van der Waals surface area contributed by atoms with E-state index in [2.05, 4.69) is 11.1 Å². The second kappa shape index (κ2) is 6.39. The van der Waals surface area contributed by atoms with Crippen molar-refractivity contribution in [2.45, 2.75) is 6.42 Å². The highest BCUT2D eigenvalue weighted by molar-refractivity contribution is 5.87. The van der Waals surface area contributed by atoms with Gasteiger partial charge in [0, 0.05) is 12.2 Å². The van der Waals surface area contributed by atoms with Crippen molar-refractivity contribution in [3.63, 3.8) is 0 Å². The molecule has 1 aromatic carbocycles. The molecule has 0 aliphatic rings. The molecule has 1 aromatic heterocycles. The molecule has 2 rings (SSSR count). The number of anilines is 3. The van der Waals surface area contributed by atoms with Gasteiger partial charge >= 0.3 is 5.97 Å². The Balaban J connectivity index is 2.48. The maximum absolute atomic E-state index is 11.1. The first kappa shape index (κ1) is 14.3. The molecule has 0 aliphatic carbocycles. The number of nitrogen functional groups attached to an aromatic ring is 1. The number of carbonyl (C=O) groups is 1. The van der Waals surface area contributed by atoms with Crippen molar-refractivity contribution in [3.05, 3.63) is 48.2 Å².